The van der Waals surface area contributed by atoms with Crippen LogP contribution in [0, 0.1) is 0 Å². The first-order valence-corrected chi connectivity index (χ1v) is 7.94. The molecule has 1 amide bonds. The van der Waals surface area contributed by atoms with Crippen molar-refractivity contribution in [2.75, 3.05) is 6.61 Å². The fourth-order valence-electron chi connectivity index (χ4n) is 2.46. The van der Waals surface area contributed by atoms with Gasteiger partial charge in [0.25, 0.3) is 5.91 Å². The fraction of sp³-hybridized carbons (Fsp3) is 0.350. The third-order valence-corrected chi connectivity index (χ3v) is 3.73. The zero-order chi connectivity index (χ0) is 16.9. The van der Waals surface area contributed by atoms with Crippen molar-refractivity contribution in [3.05, 3.63) is 65.7 Å². The number of para-hydroxylation sites is 1. The molecule has 0 radical (unpaired) electrons. The molecule has 0 heterocycles. The minimum Gasteiger partial charge on any atom is -0.483 e. The van der Waals surface area contributed by atoms with Crippen molar-refractivity contribution < 1.29 is 9.53 Å². The fourth-order valence-corrected chi connectivity index (χ4v) is 2.46. The van der Waals surface area contributed by atoms with Crippen molar-refractivity contribution in [1.82, 2.24) is 5.32 Å². The summed E-state index contributed by atoms with van der Waals surface area (Å²) in [7, 11) is 0. The van der Waals surface area contributed by atoms with Crippen LogP contribution >= 0.6 is 0 Å². The van der Waals surface area contributed by atoms with E-state index in [0.29, 0.717) is 0 Å². The Bertz CT molecular complexity index is 644. The van der Waals surface area contributed by atoms with Crippen LogP contribution in [0.2, 0.25) is 0 Å². The highest BCUT2D eigenvalue weighted by Crippen LogP contribution is 2.30. The molecule has 2 aromatic rings. The number of rotatable bonds is 5. The van der Waals surface area contributed by atoms with E-state index in [1.165, 1.54) is 0 Å². The third kappa shape index (κ3) is 4.85. The standard InChI is InChI=1S/C20H25NO2/c1-15(16-10-6-5-7-11-16)21-19(22)14-23-18-13-9-8-12-17(18)20(2,3)4/h5-13,15H,14H2,1-4H3,(H,21,22)/t15-/m0/s1. The zero-order valence-electron chi connectivity index (χ0n) is 14.3. The Morgan fingerprint density at radius 2 is 1.65 bits per heavy atom. The van der Waals surface area contributed by atoms with Gasteiger partial charge in [0.2, 0.25) is 0 Å². The van der Waals surface area contributed by atoms with Crippen LogP contribution in [-0.2, 0) is 10.2 Å². The average Bonchev–Trinajstić information content (AvgIpc) is 2.53. The molecule has 0 aliphatic heterocycles. The highest BCUT2D eigenvalue weighted by atomic mass is 16.5. The van der Waals surface area contributed by atoms with E-state index in [9.17, 15) is 4.79 Å². The monoisotopic (exact) mass is 311 g/mol. The van der Waals surface area contributed by atoms with Gasteiger partial charge in [-0.2, -0.15) is 0 Å². The molecule has 0 bridgehead atoms. The van der Waals surface area contributed by atoms with Crippen LogP contribution < -0.4 is 10.1 Å². The van der Waals surface area contributed by atoms with E-state index in [4.69, 9.17) is 4.74 Å². The molecule has 1 atom stereocenters. The van der Waals surface area contributed by atoms with Crippen LogP contribution in [0.15, 0.2) is 54.6 Å². The highest BCUT2D eigenvalue weighted by Gasteiger charge is 2.19. The van der Waals surface area contributed by atoms with Crippen LogP contribution in [0.5, 0.6) is 5.75 Å². The molecule has 3 nitrogen and oxygen atoms in total. The molecular formula is C20H25NO2. The number of ether oxygens (including phenoxy) is 1. The molecule has 0 fully saturated rings. The van der Waals surface area contributed by atoms with Crippen molar-refractivity contribution in [3.63, 3.8) is 0 Å². The van der Waals surface area contributed by atoms with Crippen molar-refractivity contribution >= 4 is 5.91 Å². The van der Waals surface area contributed by atoms with Gasteiger partial charge in [-0.1, -0.05) is 69.3 Å². The summed E-state index contributed by atoms with van der Waals surface area (Å²) in [6.45, 7) is 8.38. The first kappa shape index (κ1) is 17.1. The van der Waals surface area contributed by atoms with Gasteiger partial charge in [0.15, 0.2) is 6.61 Å². The largest absolute Gasteiger partial charge is 0.483 e. The summed E-state index contributed by atoms with van der Waals surface area (Å²) >= 11 is 0. The smallest absolute Gasteiger partial charge is 0.258 e. The second-order valence-electron chi connectivity index (χ2n) is 6.73. The highest BCUT2D eigenvalue weighted by molar-refractivity contribution is 5.78. The number of nitrogens with one attached hydrogen (secondary N) is 1. The van der Waals surface area contributed by atoms with Gasteiger partial charge >= 0.3 is 0 Å². The Morgan fingerprint density at radius 3 is 2.30 bits per heavy atom. The van der Waals surface area contributed by atoms with Crippen LogP contribution in [0.1, 0.15) is 44.9 Å². The molecule has 0 saturated heterocycles. The lowest BCUT2D eigenvalue weighted by Crippen LogP contribution is -2.31. The Labute approximate surface area is 138 Å². The maximum absolute atomic E-state index is 12.1. The van der Waals surface area contributed by atoms with Crippen molar-refractivity contribution in [2.24, 2.45) is 0 Å². The predicted octanol–water partition coefficient (Wildman–Crippen LogP) is 4.24. The Kier molecular flexibility index (Phi) is 5.43. The van der Waals surface area contributed by atoms with Crippen molar-refractivity contribution in [2.45, 2.75) is 39.2 Å². The molecule has 23 heavy (non-hydrogen) atoms. The number of carbonyl (C=O) groups excluding carboxylic acids is 1. The minimum absolute atomic E-state index is 0.0181. The first-order valence-electron chi connectivity index (χ1n) is 7.94. The van der Waals surface area contributed by atoms with E-state index < -0.39 is 0 Å². The predicted molar refractivity (Wildman–Crippen MR) is 93.6 cm³/mol. The lowest BCUT2D eigenvalue weighted by Gasteiger charge is -2.22. The zero-order valence-corrected chi connectivity index (χ0v) is 14.3. The number of carbonyl (C=O) groups is 1. The minimum atomic E-state index is -0.120. The van der Waals surface area contributed by atoms with Crippen LogP contribution in [0.4, 0.5) is 0 Å². The molecule has 0 unspecified atom stereocenters. The van der Waals surface area contributed by atoms with Crippen LogP contribution in [0.25, 0.3) is 0 Å². The van der Waals surface area contributed by atoms with E-state index in [2.05, 4.69) is 26.1 Å². The number of hydrogen-bond donors (Lipinski definition) is 1. The van der Waals surface area contributed by atoms with Gasteiger partial charge < -0.3 is 10.1 Å². The molecule has 2 rings (SSSR count). The molecule has 0 aliphatic rings. The third-order valence-electron chi connectivity index (χ3n) is 3.73. The van der Waals surface area contributed by atoms with Gasteiger partial charge in [-0.15, -0.1) is 0 Å². The molecule has 3 heteroatoms. The number of hydrogen-bond acceptors (Lipinski definition) is 2. The summed E-state index contributed by atoms with van der Waals surface area (Å²) in [4.78, 5) is 12.1. The molecular weight excluding hydrogens is 286 g/mol. The second kappa shape index (κ2) is 7.32. The Morgan fingerprint density at radius 1 is 1.04 bits per heavy atom. The molecule has 2 aromatic carbocycles. The van der Waals surface area contributed by atoms with E-state index in [-0.39, 0.29) is 24.0 Å². The Hall–Kier alpha value is -2.29. The quantitative estimate of drug-likeness (QED) is 0.897. The lowest BCUT2D eigenvalue weighted by molar-refractivity contribution is -0.123. The molecule has 1 N–H and O–H groups in total. The average molecular weight is 311 g/mol. The molecule has 0 aliphatic carbocycles. The van der Waals surface area contributed by atoms with Gasteiger partial charge in [0.05, 0.1) is 6.04 Å². The number of amides is 1. The van der Waals surface area contributed by atoms with E-state index >= 15 is 0 Å². The molecule has 0 aromatic heterocycles. The van der Waals surface area contributed by atoms with Crippen LogP contribution in [-0.4, -0.2) is 12.5 Å². The van der Waals surface area contributed by atoms with Crippen molar-refractivity contribution in [1.29, 1.82) is 0 Å². The first-order chi connectivity index (χ1) is 10.9. The molecule has 0 saturated carbocycles. The SMILES string of the molecule is C[C@H](NC(=O)COc1ccccc1C(C)(C)C)c1ccccc1. The molecule has 122 valence electrons. The second-order valence-corrected chi connectivity index (χ2v) is 6.73. The Balaban J connectivity index is 1.95. The topological polar surface area (TPSA) is 38.3 Å². The van der Waals surface area contributed by atoms with Gasteiger partial charge in [-0.3, -0.25) is 4.79 Å². The normalized spacial score (nSPS) is 12.5. The van der Waals surface area contributed by atoms with E-state index in [1.807, 2.05) is 61.5 Å². The van der Waals surface area contributed by atoms with Gasteiger partial charge in [0, 0.05) is 0 Å². The summed E-state index contributed by atoms with van der Waals surface area (Å²) in [5.41, 5.74) is 2.16. The maximum atomic E-state index is 12.1. The van der Waals surface area contributed by atoms with E-state index in [1.54, 1.807) is 0 Å². The summed E-state index contributed by atoms with van der Waals surface area (Å²) in [5, 5.41) is 2.96. The van der Waals surface area contributed by atoms with Gasteiger partial charge in [-0.05, 0) is 29.5 Å². The number of benzene rings is 2. The maximum Gasteiger partial charge on any atom is 0.258 e. The van der Waals surface area contributed by atoms with Gasteiger partial charge in [-0.25, -0.2) is 0 Å². The summed E-state index contributed by atoms with van der Waals surface area (Å²) in [6.07, 6.45) is 0. The van der Waals surface area contributed by atoms with E-state index in [0.717, 1.165) is 16.9 Å². The van der Waals surface area contributed by atoms with Crippen molar-refractivity contribution in [3.8, 4) is 5.75 Å². The molecule has 0 spiro atoms. The summed E-state index contributed by atoms with van der Waals surface area (Å²) in [6, 6.07) is 17.7. The lowest BCUT2D eigenvalue weighted by atomic mass is 9.86. The summed E-state index contributed by atoms with van der Waals surface area (Å²) < 4.78 is 5.75. The van der Waals surface area contributed by atoms with Gasteiger partial charge in [0.1, 0.15) is 5.75 Å². The van der Waals surface area contributed by atoms with Crippen LogP contribution in [0.3, 0.4) is 0 Å². The summed E-state index contributed by atoms with van der Waals surface area (Å²) in [5.74, 6) is 0.646.